The molecule has 5 heteroatoms. The molecule has 1 unspecified atom stereocenters. The van der Waals surface area contributed by atoms with Gasteiger partial charge in [-0.3, -0.25) is 0 Å². The van der Waals surface area contributed by atoms with Crippen molar-refractivity contribution < 1.29 is 0 Å². The maximum atomic E-state index is 4.29. The van der Waals surface area contributed by atoms with E-state index in [1.807, 2.05) is 11.7 Å². The van der Waals surface area contributed by atoms with Crippen molar-refractivity contribution >= 4 is 11.8 Å². The Kier molecular flexibility index (Phi) is 4.99. The van der Waals surface area contributed by atoms with Crippen molar-refractivity contribution in [1.82, 2.24) is 20.1 Å². The van der Waals surface area contributed by atoms with Gasteiger partial charge in [0.1, 0.15) is 12.2 Å². The predicted octanol–water partition coefficient (Wildman–Crippen LogP) is 2.87. The molecule has 0 saturated carbocycles. The third kappa shape index (κ3) is 3.58. The van der Waals surface area contributed by atoms with Gasteiger partial charge in [0.05, 0.1) is 5.75 Å². The first-order valence-corrected chi connectivity index (χ1v) is 7.49. The highest BCUT2D eigenvalue weighted by atomic mass is 32.2. The molecule has 0 aliphatic rings. The van der Waals surface area contributed by atoms with E-state index in [1.165, 1.54) is 10.5 Å². The highest BCUT2D eigenvalue weighted by molar-refractivity contribution is 7.98. The second-order valence-electron chi connectivity index (χ2n) is 4.36. The van der Waals surface area contributed by atoms with E-state index in [1.54, 1.807) is 18.1 Å². The summed E-state index contributed by atoms with van der Waals surface area (Å²) in [5.41, 5.74) is 1.31. The molecule has 1 N–H and O–H groups in total. The largest absolute Gasteiger partial charge is 0.313 e. The molecule has 19 heavy (non-hydrogen) atoms. The second-order valence-corrected chi connectivity index (χ2v) is 5.41. The highest BCUT2D eigenvalue weighted by Gasteiger charge is 2.06. The SMILES string of the molecule is CCn1ncnc1CSc1cccc(C(C)NC)c1. The van der Waals surface area contributed by atoms with Gasteiger partial charge in [-0.2, -0.15) is 5.10 Å². The van der Waals surface area contributed by atoms with Gasteiger partial charge in [-0.15, -0.1) is 11.8 Å². The van der Waals surface area contributed by atoms with Gasteiger partial charge in [0.2, 0.25) is 0 Å². The van der Waals surface area contributed by atoms with Crippen LogP contribution >= 0.6 is 11.8 Å². The van der Waals surface area contributed by atoms with Gasteiger partial charge in [0, 0.05) is 17.5 Å². The fourth-order valence-corrected chi connectivity index (χ4v) is 2.77. The topological polar surface area (TPSA) is 42.7 Å². The van der Waals surface area contributed by atoms with Crippen molar-refractivity contribution in [2.45, 2.75) is 37.1 Å². The Hall–Kier alpha value is -1.33. The van der Waals surface area contributed by atoms with Crippen LogP contribution in [-0.4, -0.2) is 21.8 Å². The van der Waals surface area contributed by atoms with Crippen molar-refractivity contribution in [3.8, 4) is 0 Å². The summed E-state index contributed by atoms with van der Waals surface area (Å²) < 4.78 is 1.94. The van der Waals surface area contributed by atoms with Gasteiger partial charge in [-0.25, -0.2) is 9.67 Å². The number of benzene rings is 1. The lowest BCUT2D eigenvalue weighted by atomic mass is 10.1. The average molecular weight is 276 g/mol. The number of nitrogens with one attached hydrogen (secondary N) is 1. The van der Waals surface area contributed by atoms with Crippen molar-refractivity contribution in [1.29, 1.82) is 0 Å². The minimum atomic E-state index is 0.375. The number of rotatable bonds is 6. The summed E-state index contributed by atoms with van der Waals surface area (Å²) in [6.07, 6.45) is 1.62. The molecular weight excluding hydrogens is 256 g/mol. The highest BCUT2D eigenvalue weighted by Crippen LogP contribution is 2.24. The minimum Gasteiger partial charge on any atom is -0.313 e. The van der Waals surface area contributed by atoms with Crippen molar-refractivity contribution in [3.63, 3.8) is 0 Å². The van der Waals surface area contributed by atoms with E-state index >= 15 is 0 Å². The van der Waals surface area contributed by atoms with E-state index in [0.29, 0.717) is 6.04 Å². The first-order chi connectivity index (χ1) is 9.24. The third-order valence-corrected chi connectivity index (χ3v) is 4.14. The molecule has 0 aliphatic carbocycles. The van der Waals surface area contributed by atoms with E-state index < -0.39 is 0 Å². The van der Waals surface area contributed by atoms with Crippen LogP contribution in [0.5, 0.6) is 0 Å². The molecule has 1 aromatic heterocycles. The number of aromatic nitrogens is 3. The summed E-state index contributed by atoms with van der Waals surface area (Å²) in [5, 5.41) is 7.45. The summed E-state index contributed by atoms with van der Waals surface area (Å²) in [4.78, 5) is 5.56. The van der Waals surface area contributed by atoms with Gasteiger partial charge >= 0.3 is 0 Å². The monoisotopic (exact) mass is 276 g/mol. The molecule has 0 spiro atoms. The summed E-state index contributed by atoms with van der Waals surface area (Å²) in [7, 11) is 1.98. The zero-order valence-corrected chi connectivity index (χ0v) is 12.4. The summed E-state index contributed by atoms with van der Waals surface area (Å²) in [5.74, 6) is 1.88. The zero-order valence-electron chi connectivity index (χ0n) is 11.6. The van der Waals surface area contributed by atoms with Crippen LogP contribution in [0.15, 0.2) is 35.5 Å². The molecule has 1 atom stereocenters. The molecule has 0 radical (unpaired) electrons. The van der Waals surface area contributed by atoms with Gasteiger partial charge in [-0.05, 0) is 38.6 Å². The smallest absolute Gasteiger partial charge is 0.138 e. The average Bonchev–Trinajstić information content (AvgIpc) is 2.92. The quantitative estimate of drug-likeness (QED) is 0.824. The van der Waals surface area contributed by atoms with Crippen LogP contribution in [0.3, 0.4) is 0 Å². The van der Waals surface area contributed by atoms with Gasteiger partial charge in [0.15, 0.2) is 0 Å². The Morgan fingerprint density at radius 2 is 2.26 bits per heavy atom. The van der Waals surface area contributed by atoms with Crippen LogP contribution in [0.2, 0.25) is 0 Å². The van der Waals surface area contributed by atoms with Gasteiger partial charge < -0.3 is 5.32 Å². The Bertz CT molecular complexity index is 524. The molecule has 1 heterocycles. The number of hydrogen-bond acceptors (Lipinski definition) is 4. The lowest BCUT2D eigenvalue weighted by Gasteiger charge is -2.11. The van der Waals surface area contributed by atoms with Crippen LogP contribution in [0, 0.1) is 0 Å². The number of hydrogen-bond donors (Lipinski definition) is 1. The van der Waals surface area contributed by atoms with E-state index in [-0.39, 0.29) is 0 Å². The molecule has 4 nitrogen and oxygen atoms in total. The predicted molar refractivity (Wildman–Crippen MR) is 79.2 cm³/mol. The summed E-state index contributed by atoms with van der Waals surface area (Å²) in [6, 6.07) is 9.01. The van der Waals surface area contributed by atoms with Crippen molar-refractivity contribution in [3.05, 3.63) is 42.0 Å². The van der Waals surface area contributed by atoms with Crippen LogP contribution in [0.1, 0.15) is 31.3 Å². The molecule has 0 saturated heterocycles. The Morgan fingerprint density at radius 3 is 3.00 bits per heavy atom. The third-order valence-electron chi connectivity index (χ3n) is 3.15. The lowest BCUT2D eigenvalue weighted by molar-refractivity contribution is 0.632. The van der Waals surface area contributed by atoms with E-state index in [2.05, 4.69) is 53.5 Å². The number of nitrogens with zero attached hydrogens (tertiary/aromatic N) is 3. The molecule has 102 valence electrons. The molecule has 0 fully saturated rings. The fraction of sp³-hybridized carbons (Fsp3) is 0.429. The molecule has 1 aromatic carbocycles. The van der Waals surface area contributed by atoms with Crippen LogP contribution < -0.4 is 5.32 Å². The Labute approximate surface area is 118 Å². The normalized spacial score (nSPS) is 12.6. The Morgan fingerprint density at radius 1 is 1.42 bits per heavy atom. The summed E-state index contributed by atoms with van der Waals surface area (Å²) >= 11 is 1.80. The molecule has 0 bridgehead atoms. The number of thioether (sulfide) groups is 1. The minimum absolute atomic E-state index is 0.375. The number of aryl methyl sites for hydroxylation is 1. The van der Waals surface area contributed by atoms with E-state index in [0.717, 1.165) is 18.1 Å². The lowest BCUT2D eigenvalue weighted by Crippen LogP contribution is -2.12. The van der Waals surface area contributed by atoms with Gasteiger partial charge in [-0.1, -0.05) is 12.1 Å². The van der Waals surface area contributed by atoms with Crippen LogP contribution in [-0.2, 0) is 12.3 Å². The van der Waals surface area contributed by atoms with Crippen LogP contribution in [0.25, 0.3) is 0 Å². The standard InChI is InChI=1S/C14H20N4S/c1-4-18-14(16-10-17-18)9-19-13-7-5-6-12(8-13)11(2)15-3/h5-8,10-11,15H,4,9H2,1-3H3. The molecule has 2 rings (SSSR count). The molecule has 2 aromatic rings. The first kappa shape index (κ1) is 14.1. The molecule has 0 amide bonds. The second kappa shape index (κ2) is 6.73. The van der Waals surface area contributed by atoms with Gasteiger partial charge in [0.25, 0.3) is 0 Å². The first-order valence-electron chi connectivity index (χ1n) is 6.51. The maximum absolute atomic E-state index is 4.29. The maximum Gasteiger partial charge on any atom is 0.138 e. The summed E-state index contributed by atoms with van der Waals surface area (Å²) in [6.45, 7) is 5.11. The zero-order chi connectivity index (χ0) is 13.7. The van der Waals surface area contributed by atoms with Crippen LogP contribution in [0.4, 0.5) is 0 Å². The van der Waals surface area contributed by atoms with E-state index in [9.17, 15) is 0 Å². The fourth-order valence-electron chi connectivity index (χ4n) is 1.85. The molecule has 0 aliphatic heterocycles. The van der Waals surface area contributed by atoms with Crippen molar-refractivity contribution in [2.24, 2.45) is 0 Å². The molecular formula is C14H20N4S. The Balaban J connectivity index is 2.03. The van der Waals surface area contributed by atoms with Crippen molar-refractivity contribution in [2.75, 3.05) is 7.05 Å². The van der Waals surface area contributed by atoms with E-state index in [4.69, 9.17) is 0 Å².